The number of rotatable bonds is 9. The number of hydrogen-bond donors (Lipinski definition) is 1. The number of anilines is 2. The van der Waals surface area contributed by atoms with Crippen molar-refractivity contribution in [1.29, 1.82) is 0 Å². The van der Waals surface area contributed by atoms with E-state index in [2.05, 4.69) is 39.4 Å². The third-order valence-electron chi connectivity index (χ3n) is 6.84. The van der Waals surface area contributed by atoms with Crippen LogP contribution in [-0.2, 0) is 16.0 Å². The first kappa shape index (κ1) is 24.6. The predicted octanol–water partition coefficient (Wildman–Crippen LogP) is 4.94. The van der Waals surface area contributed by atoms with Crippen LogP contribution in [0.5, 0.6) is 5.75 Å². The number of nitrogens with zero attached hydrogens (tertiary/aromatic N) is 2. The number of thiophene rings is 1. The van der Waals surface area contributed by atoms with E-state index in [0.717, 1.165) is 73.5 Å². The van der Waals surface area contributed by atoms with Crippen molar-refractivity contribution in [1.82, 2.24) is 4.90 Å². The molecule has 0 unspecified atom stereocenters. The van der Waals surface area contributed by atoms with Gasteiger partial charge in [0.2, 0.25) is 5.91 Å². The Morgan fingerprint density at radius 1 is 1.06 bits per heavy atom. The van der Waals surface area contributed by atoms with Crippen LogP contribution in [0.25, 0.3) is 10.1 Å². The molecular formula is C28H33N3O4S. The van der Waals surface area contributed by atoms with Gasteiger partial charge < -0.3 is 19.7 Å². The molecule has 5 rings (SSSR count). The molecule has 0 aliphatic carbocycles. The average molecular weight is 508 g/mol. The maximum Gasteiger partial charge on any atom is 0.348 e. The summed E-state index contributed by atoms with van der Waals surface area (Å²) < 4.78 is 12.3. The summed E-state index contributed by atoms with van der Waals surface area (Å²) in [5.41, 5.74) is 3.27. The molecule has 190 valence electrons. The largest absolute Gasteiger partial charge is 0.494 e. The second-order valence-corrected chi connectivity index (χ2v) is 10.4. The number of carbonyl (C=O) groups is 2. The molecule has 2 aromatic carbocycles. The Hall–Kier alpha value is -3.10. The highest BCUT2D eigenvalue weighted by Crippen LogP contribution is 2.34. The van der Waals surface area contributed by atoms with Crippen molar-refractivity contribution < 1.29 is 19.1 Å². The van der Waals surface area contributed by atoms with Crippen molar-refractivity contribution in [2.24, 2.45) is 0 Å². The van der Waals surface area contributed by atoms with Crippen LogP contribution in [0.4, 0.5) is 11.4 Å². The quantitative estimate of drug-likeness (QED) is 0.327. The van der Waals surface area contributed by atoms with Gasteiger partial charge in [-0.15, -0.1) is 11.3 Å². The van der Waals surface area contributed by atoms with Crippen molar-refractivity contribution in [2.75, 3.05) is 56.2 Å². The van der Waals surface area contributed by atoms with Crippen LogP contribution in [0.3, 0.4) is 0 Å². The summed E-state index contributed by atoms with van der Waals surface area (Å²) in [5, 5.41) is 4.07. The number of amides is 1. The Kier molecular flexibility index (Phi) is 7.72. The van der Waals surface area contributed by atoms with E-state index in [9.17, 15) is 9.59 Å². The van der Waals surface area contributed by atoms with E-state index in [1.54, 1.807) is 0 Å². The maximum absolute atomic E-state index is 12.2. The molecular weight excluding hydrogens is 474 g/mol. The first-order valence-corrected chi connectivity index (χ1v) is 13.6. The van der Waals surface area contributed by atoms with E-state index in [-0.39, 0.29) is 11.9 Å². The lowest BCUT2D eigenvalue weighted by Crippen LogP contribution is -2.46. The van der Waals surface area contributed by atoms with Crippen molar-refractivity contribution in [2.45, 2.75) is 32.6 Å². The number of hydrogen-bond acceptors (Lipinski definition) is 7. The fourth-order valence-corrected chi connectivity index (χ4v) is 5.88. The third kappa shape index (κ3) is 5.65. The van der Waals surface area contributed by atoms with Gasteiger partial charge in [0.05, 0.1) is 13.2 Å². The molecule has 36 heavy (non-hydrogen) atoms. The molecule has 1 N–H and O–H groups in total. The van der Waals surface area contributed by atoms with E-state index < -0.39 is 0 Å². The molecule has 0 radical (unpaired) electrons. The molecule has 3 heterocycles. The number of fused-ring (bicyclic) bond motifs is 2. The van der Waals surface area contributed by atoms with Gasteiger partial charge in [-0.05, 0) is 62.6 Å². The molecule has 1 amide bonds. The summed E-state index contributed by atoms with van der Waals surface area (Å²) in [5.74, 6) is 0.656. The number of esters is 1. The summed E-state index contributed by atoms with van der Waals surface area (Å²) in [6.45, 7) is 7.96. The fraction of sp³-hybridized carbons (Fsp3) is 0.429. The molecule has 2 aliphatic rings. The SMILES string of the molecule is CCOC(=O)c1cc2c(N3CCN(CCCCOc4ccc5c(c4)NC(=O)CC5)CC3)cccc2s1. The van der Waals surface area contributed by atoms with Crippen LogP contribution in [0.1, 0.15) is 41.4 Å². The van der Waals surface area contributed by atoms with E-state index in [0.29, 0.717) is 24.5 Å². The normalized spacial score (nSPS) is 16.0. The van der Waals surface area contributed by atoms with Gasteiger partial charge in [0.15, 0.2) is 0 Å². The summed E-state index contributed by atoms with van der Waals surface area (Å²) in [6.07, 6.45) is 3.44. The molecule has 2 aliphatic heterocycles. The fourth-order valence-electron chi connectivity index (χ4n) is 4.90. The van der Waals surface area contributed by atoms with E-state index in [4.69, 9.17) is 9.47 Å². The molecule has 0 bridgehead atoms. The Balaban J connectivity index is 1.06. The average Bonchev–Trinajstić information content (AvgIpc) is 3.34. The van der Waals surface area contributed by atoms with Crippen LogP contribution in [0.15, 0.2) is 42.5 Å². The highest BCUT2D eigenvalue weighted by atomic mass is 32.1. The lowest BCUT2D eigenvalue weighted by Gasteiger charge is -2.36. The maximum atomic E-state index is 12.2. The molecule has 1 aromatic heterocycles. The number of nitrogens with one attached hydrogen (secondary N) is 1. The smallest absolute Gasteiger partial charge is 0.348 e. The molecule has 1 fully saturated rings. The summed E-state index contributed by atoms with van der Waals surface area (Å²) in [7, 11) is 0. The molecule has 3 aromatic rings. The van der Waals surface area contributed by atoms with Crippen LogP contribution in [0.2, 0.25) is 0 Å². The number of piperazine rings is 1. The number of benzene rings is 2. The summed E-state index contributed by atoms with van der Waals surface area (Å²) in [4.78, 5) is 29.4. The Morgan fingerprint density at radius 3 is 2.75 bits per heavy atom. The van der Waals surface area contributed by atoms with Gasteiger partial charge in [0.1, 0.15) is 10.6 Å². The highest BCUT2D eigenvalue weighted by Gasteiger charge is 2.21. The van der Waals surface area contributed by atoms with E-state index >= 15 is 0 Å². The van der Waals surface area contributed by atoms with Gasteiger partial charge in [-0.3, -0.25) is 9.69 Å². The minimum Gasteiger partial charge on any atom is -0.494 e. The number of carbonyl (C=O) groups excluding carboxylic acids is 2. The molecule has 0 spiro atoms. The zero-order chi connectivity index (χ0) is 24.9. The van der Waals surface area contributed by atoms with Crippen molar-refractivity contribution >= 4 is 44.7 Å². The lowest BCUT2D eigenvalue weighted by molar-refractivity contribution is -0.116. The monoisotopic (exact) mass is 507 g/mol. The van der Waals surface area contributed by atoms with Crippen LogP contribution >= 0.6 is 11.3 Å². The minimum absolute atomic E-state index is 0.0770. The molecule has 0 atom stereocenters. The topological polar surface area (TPSA) is 71.1 Å². The van der Waals surface area contributed by atoms with Crippen LogP contribution < -0.4 is 15.0 Å². The van der Waals surface area contributed by atoms with Gasteiger partial charge in [0.25, 0.3) is 0 Å². The Morgan fingerprint density at radius 2 is 1.92 bits per heavy atom. The Bertz CT molecular complexity index is 1230. The van der Waals surface area contributed by atoms with Crippen molar-refractivity contribution in [3.8, 4) is 5.75 Å². The summed E-state index contributed by atoms with van der Waals surface area (Å²) >= 11 is 1.50. The molecule has 0 saturated carbocycles. The van der Waals surface area contributed by atoms with Crippen LogP contribution in [-0.4, -0.2) is 62.7 Å². The molecule has 7 nitrogen and oxygen atoms in total. The van der Waals surface area contributed by atoms with Gasteiger partial charge in [-0.2, -0.15) is 0 Å². The molecule has 1 saturated heterocycles. The standard InChI is InChI=1S/C28H33N3O4S/c1-2-34-28(33)26-19-22-24(6-5-7-25(22)36-26)31-15-13-30(14-16-31)12-3-4-17-35-21-10-8-20-9-11-27(32)29-23(20)18-21/h5-8,10,18-19H,2-4,9,11-17H2,1H3,(H,29,32). The van der Waals surface area contributed by atoms with Gasteiger partial charge in [-0.25, -0.2) is 4.79 Å². The highest BCUT2D eigenvalue weighted by molar-refractivity contribution is 7.20. The number of ether oxygens (including phenoxy) is 2. The molecule has 8 heteroatoms. The van der Waals surface area contributed by atoms with E-state index in [1.165, 1.54) is 22.6 Å². The lowest BCUT2D eigenvalue weighted by atomic mass is 10.0. The van der Waals surface area contributed by atoms with Gasteiger partial charge in [0, 0.05) is 60.1 Å². The zero-order valence-electron chi connectivity index (χ0n) is 20.8. The Labute approximate surface area is 216 Å². The minimum atomic E-state index is -0.239. The van der Waals surface area contributed by atoms with Crippen LogP contribution in [0, 0.1) is 0 Å². The van der Waals surface area contributed by atoms with E-state index in [1.807, 2.05) is 25.1 Å². The van der Waals surface area contributed by atoms with Gasteiger partial charge >= 0.3 is 5.97 Å². The number of aryl methyl sites for hydroxylation is 1. The second kappa shape index (κ2) is 11.3. The first-order chi connectivity index (χ1) is 17.6. The van der Waals surface area contributed by atoms with Gasteiger partial charge in [-0.1, -0.05) is 12.1 Å². The van der Waals surface area contributed by atoms with Crippen molar-refractivity contribution in [3.05, 3.63) is 52.9 Å². The van der Waals surface area contributed by atoms with Crippen molar-refractivity contribution in [3.63, 3.8) is 0 Å². The first-order valence-electron chi connectivity index (χ1n) is 12.8. The second-order valence-electron chi connectivity index (χ2n) is 9.27. The predicted molar refractivity (Wildman–Crippen MR) is 145 cm³/mol. The summed E-state index contributed by atoms with van der Waals surface area (Å²) in [6, 6.07) is 14.3. The number of unbranched alkanes of at least 4 members (excludes halogenated alkanes) is 1. The zero-order valence-corrected chi connectivity index (χ0v) is 21.6. The third-order valence-corrected chi connectivity index (χ3v) is 7.92.